The van der Waals surface area contributed by atoms with Crippen molar-refractivity contribution in [2.24, 2.45) is 5.41 Å². The minimum atomic E-state index is -4.39. The third-order valence-electron chi connectivity index (χ3n) is 2.79. The molecule has 15 heavy (non-hydrogen) atoms. The Hall–Kier alpha value is -0.620. The first-order chi connectivity index (χ1) is 6.83. The Bertz CT molecular complexity index is 248. The molecular formula is C9H14F3NO2. The lowest BCUT2D eigenvalue weighted by atomic mass is 9.98. The van der Waals surface area contributed by atoms with Crippen LogP contribution in [0.1, 0.15) is 19.3 Å². The molecule has 6 heteroatoms. The highest BCUT2D eigenvalue weighted by Crippen LogP contribution is 2.58. The first-order valence-corrected chi connectivity index (χ1v) is 4.69. The molecule has 88 valence electrons. The fourth-order valence-corrected chi connectivity index (χ4v) is 1.43. The Balaban J connectivity index is 2.48. The zero-order valence-corrected chi connectivity index (χ0v) is 8.73. The molecule has 0 spiro atoms. The second-order valence-electron chi connectivity index (χ2n) is 3.79. The van der Waals surface area contributed by atoms with Crippen LogP contribution in [0.2, 0.25) is 0 Å². The molecule has 0 aromatic carbocycles. The fraction of sp³-hybridized carbons (Fsp3) is 0.889. The van der Waals surface area contributed by atoms with E-state index in [9.17, 15) is 18.0 Å². The average molecular weight is 225 g/mol. The van der Waals surface area contributed by atoms with Crippen LogP contribution in [0.5, 0.6) is 0 Å². The number of halogens is 3. The molecule has 0 aliphatic heterocycles. The highest BCUT2D eigenvalue weighted by atomic mass is 19.4. The molecule has 0 amide bonds. The van der Waals surface area contributed by atoms with Crippen LogP contribution in [-0.2, 0) is 9.63 Å². The molecule has 0 N–H and O–H groups in total. The highest BCUT2D eigenvalue weighted by molar-refractivity contribution is 5.88. The minimum Gasteiger partial charge on any atom is -0.303 e. The number of hydroxylamine groups is 2. The van der Waals surface area contributed by atoms with Gasteiger partial charge in [-0.05, 0) is 12.8 Å². The fourth-order valence-electron chi connectivity index (χ4n) is 1.43. The standard InChI is InChI=1S/C9H14F3NO2/c1-13(15-2)6-3-7(14)8(4-5-8)9(10,11)12/h3-6H2,1-2H3. The summed E-state index contributed by atoms with van der Waals surface area (Å²) in [5.74, 6) is -0.723. The maximum atomic E-state index is 12.5. The Labute approximate surface area is 86.1 Å². The van der Waals surface area contributed by atoms with Gasteiger partial charge in [0.1, 0.15) is 11.2 Å². The molecule has 0 aromatic rings. The van der Waals surface area contributed by atoms with Crippen molar-refractivity contribution in [1.82, 2.24) is 5.06 Å². The number of nitrogens with zero attached hydrogens (tertiary/aromatic N) is 1. The number of ketones is 1. The van der Waals surface area contributed by atoms with Crippen LogP contribution in [0, 0.1) is 5.41 Å². The van der Waals surface area contributed by atoms with E-state index in [1.54, 1.807) is 7.05 Å². The number of alkyl halides is 3. The van der Waals surface area contributed by atoms with Gasteiger partial charge in [-0.25, -0.2) is 0 Å². The Morgan fingerprint density at radius 2 is 2.00 bits per heavy atom. The summed E-state index contributed by atoms with van der Waals surface area (Å²) in [6, 6.07) is 0. The number of hydrogen-bond acceptors (Lipinski definition) is 3. The van der Waals surface area contributed by atoms with Crippen molar-refractivity contribution in [2.45, 2.75) is 25.4 Å². The molecule has 0 radical (unpaired) electrons. The van der Waals surface area contributed by atoms with Crippen molar-refractivity contribution in [3.8, 4) is 0 Å². The molecule has 0 bridgehead atoms. The lowest BCUT2D eigenvalue weighted by molar-refractivity contribution is -0.192. The van der Waals surface area contributed by atoms with E-state index in [0.717, 1.165) is 0 Å². The SMILES string of the molecule is CON(C)CCC(=O)C1(C(F)(F)F)CC1. The Kier molecular flexibility index (Phi) is 3.40. The van der Waals surface area contributed by atoms with E-state index in [1.807, 2.05) is 0 Å². The monoisotopic (exact) mass is 225 g/mol. The van der Waals surface area contributed by atoms with Crippen LogP contribution in [0.3, 0.4) is 0 Å². The summed E-state index contributed by atoms with van der Waals surface area (Å²) in [6.07, 6.45) is -4.64. The van der Waals surface area contributed by atoms with Gasteiger partial charge in [-0.3, -0.25) is 4.79 Å². The van der Waals surface area contributed by atoms with Crippen molar-refractivity contribution in [3.05, 3.63) is 0 Å². The topological polar surface area (TPSA) is 29.5 Å². The van der Waals surface area contributed by atoms with Crippen LogP contribution in [0.4, 0.5) is 13.2 Å². The van der Waals surface area contributed by atoms with Crippen molar-refractivity contribution in [1.29, 1.82) is 0 Å². The van der Waals surface area contributed by atoms with Crippen molar-refractivity contribution in [3.63, 3.8) is 0 Å². The zero-order valence-electron chi connectivity index (χ0n) is 8.73. The van der Waals surface area contributed by atoms with Crippen LogP contribution in [0.15, 0.2) is 0 Å². The van der Waals surface area contributed by atoms with Gasteiger partial charge in [0.2, 0.25) is 0 Å². The van der Waals surface area contributed by atoms with E-state index in [-0.39, 0.29) is 25.8 Å². The van der Waals surface area contributed by atoms with Gasteiger partial charge >= 0.3 is 6.18 Å². The van der Waals surface area contributed by atoms with Crippen LogP contribution < -0.4 is 0 Å². The largest absolute Gasteiger partial charge is 0.401 e. The Morgan fingerprint density at radius 1 is 1.47 bits per heavy atom. The summed E-state index contributed by atoms with van der Waals surface area (Å²) < 4.78 is 37.5. The van der Waals surface area contributed by atoms with Gasteiger partial charge in [-0.1, -0.05) is 0 Å². The van der Waals surface area contributed by atoms with E-state index < -0.39 is 17.4 Å². The van der Waals surface area contributed by atoms with Crippen LogP contribution in [0.25, 0.3) is 0 Å². The minimum absolute atomic E-state index is 0.0635. The van der Waals surface area contributed by atoms with E-state index in [0.29, 0.717) is 0 Å². The number of carbonyl (C=O) groups excluding carboxylic acids is 1. The summed E-state index contributed by atoms with van der Waals surface area (Å²) in [5.41, 5.74) is -2.04. The van der Waals surface area contributed by atoms with Gasteiger partial charge in [-0.2, -0.15) is 18.2 Å². The second-order valence-corrected chi connectivity index (χ2v) is 3.79. The predicted octanol–water partition coefficient (Wildman–Crippen LogP) is 1.78. The van der Waals surface area contributed by atoms with Gasteiger partial charge < -0.3 is 4.84 Å². The lowest BCUT2D eigenvalue weighted by Crippen LogP contribution is -2.34. The lowest BCUT2D eigenvalue weighted by Gasteiger charge is -2.19. The third-order valence-corrected chi connectivity index (χ3v) is 2.79. The summed E-state index contributed by atoms with van der Waals surface area (Å²) in [5, 5.41) is 1.34. The van der Waals surface area contributed by atoms with E-state index in [2.05, 4.69) is 0 Å². The van der Waals surface area contributed by atoms with E-state index in [4.69, 9.17) is 4.84 Å². The maximum absolute atomic E-state index is 12.5. The summed E-state index contributed by atoms with van der Waals surface area (Å²) in [7, 11) is 2.97. The van der Waals surface area contributed by atoms with Crippen molar-refractivity contribution in [2.75, 3.05) is 20.7 Å². The zero-order chi connectivity index (χ0) is 11.7. The molecule has 1 saturated carbocycles. The number of carbonyl (C=O) groups is 1. The first kappa shape index (κ1) is 12.4. The molecule has 0 unspecified atom stereocenters. The molecule has 1 aliphatic carbocycles. The van der Waals surface area contributed by atoms with Crippen molar-refractivity contribution < 1.29 is 22.8 Å². The smallest absolute Gasteiger partial charge is 0.303 e. The highest BCUT2D eigenvalue weighted by Gasteiger charge is 2.67. The van der Waals surface area contributed by atoms with E-state index in [1.165, 1.54) is 12.2 Å². The first-order valence-electron chi connectivity index (χ1n) is 4.69. The molecule has 1 aliphatic rings. The second kappa shape index (κ2) is 4.09. The number of Topliss-reactive ketones (excluding diaryl/α,β-unsaturated/α-hetero) is 1. The normalized spacial score (nSPS) is 19.3. The Morgan fingerprint density at radius 3 is 2.33 bits per heavy atom. The van der Waals surface area contributed by atoms with E-state index >= 15 is 0 Å². The molecule has 0 heterocycles. The number of hydrogen-bond donors (Lipinski definition) is 0. The molecule has 1 rings (SSSR count). The average Bonchev–Trinajstić information content (AvgIpc) is 2.92. The molecule has 0 atom stereocenters. The van der Waals surface area contributed by atoms with Crippen LogP contribution >= 0.6 is 0 Å². The molecule has 3 nitrogen and oxygen atoms in total. The predicted molar refractivity (Wildman–Crippen MR) is 47.0 cm³/mol. The third kappa shape index (κ3) is 2.49. The van der Waals surface area contributed by atoms with Gasteiger partial charge in [0.25, 0.3) is 0 Å². The van der Waals surface area contributed by atoms with Crippen LogP contribution in [-0.4, -0.2) is 37.7 Å². The quantitative estimate of drug-likeness (QED) is 0.668. The summed E-state index contributed by atoms with van der Waals surface area (Å²) in [6.45, 7) is 0.188. The molecule has 0 saturated heterocycles. The number of rotatable bonds is 5. The maximum Gasteiger partial charge on any atom is 0.401 e. The van der Waals surface area contributed by atoms with Gasteiger partial charge in [0.15, 0.2) is 0 Å². The summed E-state index contributed by atoms with van der Waals surface area (Å²) >= 11 is 0. The van der Waals surface area contributed by atoms with Gasteiger partial charge in [0, 0.05) is 20.0 Å². The van der Waals surface area contributed by atoms with Gasteiger partial charge in [-0.15, -0.1) is 0 Å². The van der Waals surface area contributed by atoms with Crippen molar-refractivity contribution >= 4 is 5.78 Å². The molecule has 0 aromatic heterocycles. The van der Waals surface area contributed by atoms with Gasteiger partial charge in [0.05, 0.1) is 7.11 Å². The molecular weight excluding hydrogens is 211 g/mol. The summed E-state index contributed by atoms with van der Waals surface area (Å²) in [4.78, 5) is 16.1. The molecule has 1 fully saturated rings.